The maximum atomic E-state index is 5.94. The minimum Gasteiger partial charge on any atom is -0.443 e. The van der Waals surface area contributed by atoms with Crippen molar-refractivity contribution in [2.24, 2.45) is 0 Å². The minimum atomic E-state index is 0.646. The maximum Gasteiger partial charge on any atom is 0.182 e. The van der Waals surface area contributed by atoms with Gasteiger partial charge in [0.25, 0.3) is 0 Å². The third-order valence-corrected chi connectivity index (χ3v) is 11.5. The van der Waals surface area contributed by atoms with Gasteiger partial charge < -0.3 is 8.82 Å². The van der Waals surface area contributed by atoms with Crippen molar-refractivity contribution in [3.8, 4) is 33.8 Å². The van der Waals surface area contributed by atoms with E-state index in [0.29, 0.717) is 5.82 Å². The molecule has 11 rings (SSSR count). The Hall–Kier alpha value is -6.63. The van der Waals surface area contributed by atoms with E-state index < -0.39 is 0 Å². The number of nitrogens with zero attached hydrogens (tertiary/aromatic N) is 4. The number of thiophene rings is 1. The molecule has 0 spiro atoms. The fourth-order valence-electron chi connectivity index (χ4n) is 8.01. The van der Waals surface area contributed by atoms with E-state index in [1.807, 2.05) is 6.08 Å². The van der Waals surface area contributed by atoms with E-state index in [1.54, 1.807) is 23.8 Å². The smallest absolute Gasteiger partial charge is 0.182 e. The molecule has 51 heavy (non-hydrogen) atoms. The van der Waals surface area contributed by atoms with Crippen molar-refractivity contribution < 1.29 is 4.42 Å². The van der Waals surface area contributed by atoms with E-state index in [4.69, 9.17) is 14.4 Å². The number of hydrogen-bond acceptors (Lipinski definition) is 5. The first-order valence-corrected chi connectivity index (χ1v) is 17.6. The Labute approximate surface area is 295 Å². The predicted molar refractivity (Wildman–Crippen MR) is 214 cm³/mol. The first kappa shape index (κ1) is 28.2. The van der Waals surface area contributed by atoms with Gasteiger partial charge in [-0.15, -0.1) is 11.3 Å². The summed E-state index contributed by atoms with van der Waals surface area (Å²) in [6.45, 7) is 8.27. The molecule has 0 N–H and O–H groups in total. The van der Waals surface area contributed by atoms with Crippen LogP contribution in [0.1, 0.15) is 11.3 Å². The van der Waals surface area contributed by atoms with Crippen LogP contribution in [0.2, 0.25) is 0 Å². The summed E-state index contributed by atoms with van der Waals surface area (Å²) in [5, 5.41) is 7.09. The van der Waals surface area contributed by atoms with Crippen LogP contribution in [0.3, 0.4) is 0 Å². The van der Waals surface area contributed by atoms with Crippen LogP contribution in [0, 0.1) is 0 Å². The first-order chi connectivity index (χ1) is 25.2. The summed E-state index contributed by atoms with van der Waals surface area (Å²) in [5.41, 5.74) is 11.8. The SMILES string of the molecule is C=Cc1nc(-c2cccc(-c3ccc4c(c3)c3cc5ncoc5c5c6ccccc6n4c35)c2)nc(-c2cccc3c2sc2ccccc23)c1C=C. The number of aromatic nitrogens is 4. The fraction of sp³-hybridized carbons (Fsp3) is 0. The Morgan fingerprint density at radius 1 is 0.647 bits per heavy atom. The average Bonchev–Trinajstić information content (AvgIpc) is 3.96. The van der Waals surface area contributed by atoms with Gasteiger partial charge in [-0.2, -0.15) is 0 Å². The fourth-order valence-corrected chi connectivity index (χ4v) is 9.22. The van der Waals surface area contributed by atoms with Crippen molar-refractivity contribution >= 4 is 92.9 Å². The molecule has 0 saturated heterocycles. The molecule has 0 radical (unpaired) electrons. The molecule has 0 fully saturated rings. The Kier molecular flexibility index (Phi) is 5.78. The van der Waals surface area contributed by atoms with Crippen LogP contribution in [-0.2, 0) is 0 Å². The van der Waals surface area contributed by atoms with Gasteiger partial charge in [0.1, 0.15) is 5.52 Å². The molecular formula is C45H26N4OS. The molecule has 0 amide bonds. The monoisotopic (exact) mass is 670 g/mol. The van der Waals surface area contributed by atoms with Crippen molar-refractivity contribution in [1.82, 2.24) is 19.4 Å². The van der Waals surface area contributed by atoms with Crippen LogP contribution in [0.5, 0.6) is 0 Å². The molecule has 0 aliphatic rings. The molecule has 5 nitrogen and oxygen atoms in total. The second-order valence-corrected chi connectivity index (χ2v) is 13.9. The highest BCUT2D eigenvalue weighted by atomic mass is 32.1. The van der Waals surface area contributed by atoms with Crippen LogP contribution in [0.15, 0.2) is 139 Å². The first-order valence-electron chi connectivity index (χ1n) is 16.8. The zero-order valence-electron chi connectivity index (χ0n) is 27.2. The number of benzene rings is 6. The number of hydrogen-bond donors (Lipinski definition) is 0. The van der Waals surface area contributed by atoms with Gasteiger partial charge in [0.15, 0.2) is 17.8 Å². The highest BCUT2D eigenvalue weighted by molar-refractivity contribution is 7.26. The Balaban J connectivity index is 1.10. The van der Waals surface area contributed by atoms with E-state index in [1.165, 1.54) is 30.9 Å². The zero-order valence-corrected chi connectivity index (χ0v) is 28.0. The van der Waals surface area contributed by atoms with Crippen LogP contribution in [0.4, 0.5) is 0 Å². The molecule has 0 aliphatic heterocycles. The molecule has 238 valence electrons. The standard InChI is InChI=1S/C45H26N4OS/c1-3-28-35(4-2)47-45(48-41(28)32-16-10-15-30-29-13-6-8-18-39(29)51-44(30)32)27-12-9-11-25(21-27)26-19-20-38-33(22-26)34-23-36-43(50-24-46-36)40-31-14-5-7-17-37(31)49(38)42(34)40/h3-24H,1-2H2. The summed E-state index contributed by atoms with van der Waals surface area (Å²) in [6, 6.07) is 40.9. The predicted octanol–water partition coefficient (Wildman–Crippen LogP) is 12.4. The normalized spacial score (nSPS) is 12.1. The van der Waals surface area contributed by atoms with Gasteiger partial charge in [-0.05, 0) is 53.6 Å². The Bertz CT molecular complexity index is 3250. The minimum absolute atomic E-state index is 0.646. The molecule has 0 bridgehead atoms. The summed E-state index contributed by atoms with van der Waals surface area (Å²) in [5.74, 6) is 0.646. The van der Waals surface area contributed by atoms with Crippen molar-refractivity contribution in [2.75, 3.05) is 0 Å². The van der Waals surface area contributed by atoms with Gasteiger partial charge in [-0.3, -0.25) is 0 Å². The molecule has 5 heterocycles. The lowest BCUT2D eigenvalue weighted by Crippen LogP contribution is -2.00. The van der Waals surface area contributed by atoms with Crippen LogP contribution in [-0.4, -0.2) is 19.4 Å². The van der Waals surface area contributed by atoms with Gasteiger partial charge in [-0.25, -0.2) is 15.0 Å². The Morgan fingerprint density at radius 2 is 1.43 bits per heavy atom. The van der Waals surface area contributed by atoms with Crippen molar-refractivity contribution in [3.05, 3.63) is 146 Å². The molecule has 5 aromatic heterocycles. The van der Waals surface area contributed by atoms with E-state index in [9.17, 15) is 0 Å². The molecule has 6 aromatic carbocycles. The van der Waals surface area contributed by atoms with E-state index in [0.717, 1.165) is 77.6 Å². The van der Waals surface area contributed by atoms with E-state index in [2.05, 4.69) is 138 Å². The Morgan fingerprint density at radius 3 is 2.33 bits per heavy atom. The second-order valence-electron chi connectivity index (χ2n) is 12.9. The molecule has 6 heteroatoms. The van der Waals surface area contributed by atoms with Gasteiger partial charge in [0, 0.05) is 53.0 Å². The number of oxazole rings is 1. The lowest BCUT2D eigenvalue weighted by atomic mass is 9.99. The molecule has 0 atom stereocenters. The lowest BCUT2D eigenvalue weighted by Gasteiger charge is -2.13. The lowest BCUT2D eigenvalue weighted by molar-refractivity contribution is 0.605. The number of fused-ring (bicyclic) bond motifs is 11. The van der Waals surface area contributed by atoms with Crippen molar-refractivity contribution in [2.45, 2.75) is 0 Å². The average molecular weight is 671 g/mol. The summed E-state index contributed by atoms with van der Waals surface area (Å²) in [4.78, 5) is 14.8. The summed E-state index contributed by atoms with van der Waals surface area (Å²) < 4.78 is 10.8. The maximum absolute atomic E-state index is 5.94. The van der Waals surface area contributed by atoms with E-state index >= 15 is 0 Å². The highest BCUT2D eigenvalue weighted by Crippen LogP contribution is 2.44. The van der Waals surface area contributed by atoms with Crippen LogP contribution in [0.25, 0.3) is 115 Å². The van der Waals surface area contributed by atoms with Crippen molar-refractivity contribution in [3.63, 3.8) is 0 Å². The molecule has 0 unspecified atom stereocenters. The highest BCUT2D eigenvalue weighted by Gasteiger charge is 2.22. The largest absolute Gasteiger partial charge is 0.443 e. The number of rotatable bonds is 5. The summed E-state index contributed by atoms with van der Waals surface area (Å²) in [6.07, 6.45) is 5.18. The molecular weight excluding hydrogens is 645 g/mol. The molecule has 0 aliphatic carbocycles. The van der Waals surface area contributed by atoms with Crippen LogP contribution < -0.4 is 0 Å². The molecule has 0 saturated carbocycles. The zero-order chi connectivity index (χ0) is 33.8. The quantitative estimate of drug-likeness (QED) is 0.183. The third-order valence-electron chi connectivity index (χ3n) is 10.2. The second kappa shape index (κ2) is 10.4. The van der Waals surface area contributed by atoms with Gasteiger partial charge in [-0.1, -0.05) is 98.1 Å². The summed E-state index contributed by atoms with van der Waals surface area (Å²) in [7, 11) is 0. The van der Waals surface area contributed by atoms with Gasteiger partial charge in [0.05, 0.1) is 33.3 Å². The number of para-hydroxylation sites is 1. The third kappa shape index (κ3) is 3.88. The topological polar surface area (TPSA) is 56.2 Å². The summed E-state index contributed by atoms with van der Waals surface area (Å²) >= 11 is 1.79. The molecule has 11 aromatic rings. The van der Waals surface area contributed by atoms with Crippen molar-refractivity contribution in [1.29, 1.82) is 0 Å². The van der Waals surface area contributed by atoms with E-state index in [-0.39, 0.29) is 0 Å². The van der Waals surface area contributed by atoms with Gasteiger partial charge in [0.2, 0.25) is 0 Å². The van der Waals surface area contributed by atoms with Crippen LogP contribution >= 0.6 is 11.3 Å². The van der Waals surface area contributed by atoms with Gasteiger partial charge >= 0.3 is 0 Å².